The van der Waals surface area contributed by atoms with E-state index in [1.807, 2.05) is 103 Å². The monoisotopic (exact) mass is 562 g/mol. The Kier molecular flexibility index (Phi) is 7.75. The number of benzene rings is 3. The minimum atomic E-state index is -0.0358. The lowest BCUT2D eigenvalue weighted by atomic mass is 9.88. The van der Waals surface area contributed by atoms with Crippen molar-refractivity contribution in [2.45, 2.75) is 51.2 Å². The third-order valence-electron chi connectivity index (χ3n) is 8.00. The standard InChI is InChI=1S/C35H34N2O3S/c1-3-10-25-22-26(23-31-29-13-8-9-14-30(29)34(38)37(25)31)36(21-4-2)35(39)33-20-19-32(41-33)24-15-17-28(18-16-24)40-27-11-6-5-7-12-27/h3,5-20,25-26,31H,4,21-23H2,1-2H3/b10-3+/t25-,26+,31+/m1/s1. The Balaban J connectivity index is 1.22. The van der Waals surface area contributed by atoms with E-state index >= 15 is 0 Å². The summed E-state index contributed by atoms with van der Waals surface area (Å²) in [6.45, 7) is 4.80. The number of hydrogen-bond acceptors (Lipinski definition) is 4. The van der Waals surface area contributed by atoms with Crippen LogP contribution in [0, 0.1) is 0 Å². The highest BCUT2D eigenvalue weighted by Gasteiger charge is 2.46. The van der Waals surface area contributed by atoms with E-state index in [4.69, 9.17) is 4.74 Å². The molecule has 208 valence electrons. The van der Waals surface area contributed by atoms with E-state index in [9.17, 15) is 9.59 Å². The molecule has 0 N–H and O–H groups in total. The van der Waals surface area contributed by atoms with Crippen LogP contribution in [-0.4, -0.2) is 40.2 Å². The summed E-state index contributed by atoms with van der Waals surface area (Å²) in [6, 6.07) is 29.6. The Morgan fingerprint density at radius 2 is 1.68 bits per heavy atom. The van der Waals surface area contributed by atoms with Gasteiger partial charge in [0.1, 0.15) is 11.5 Å². The minimum Gasteiger partial charge on any atom is -0.457 e. The Bertz CT molecular complexity index is 1560. The topological polar surface area (TPSA) is 49.9 Å². The summed E-state index contributed by atoms with van der Waals surface area (Å²) < 4.78 is 5.94. The molecule has 6 rings (SSSR count). The van der Waals surface area contributed by atoms with Crippen molar-refractivity contribution in [2.24, 2.45) is 0 Å². The number of hydrogen-bond donors (Lipinski definition) is 0. The maximum Gasteiger partial charge on any atom is 0.264 e. The van der Waals surface area contributed by atoms with Crippen molar-refractivity contribution in [3.63, 3.8) is 0 Å². The van der Waals surface area contributed by atoms with Crippen LogP contribution in [0.15, 0.2) is 103 Å². The van der Waals surface area contributed by atoms with Gasteiger partial charge in [0.05, 0.1) is 17.0 Å². The molecule has 1 saturated heterocycles. The number of ether oxygens (including phenoxy) is 1. The SMILES string of the molecule is C/C=C/[C@@H]1C[C@H](N(CCC)C(=O)c2ccc(-c3ccc(Oc4ccccc4)cc3)s2)C[C@H]2c3ccccc3C(=O)N12. The van der Waals surface area contributed by atoms with E-state index in [-0.39, 0.29) is 29.9 Å². The van der Waals surface area contributed by atoms with Gasteiger partial charge in [-0.3, -0.25) is 9.59 Å². The molecular formula is C35H34N2O3S. The second kappa shape index (κ2) is 11.8. The molecule has 2 aliphatic rings. The Morgan fingerprint density at radius 1 is 0.951 bits per heavy atom. The smallest absolute Gasteiger partial charge is 0.264 e. The molecule has 1 fully saturated rings. The quantitative estimate of drug-likeness (QED) is 0.203. The molecule has 2 aliphatic heterocycles. The van der Waals surface area contributed by atoms with Gasteiger partial charge in [-0.05, 0) is 91.9 Å². The molecule has 3 aromatic carbocycles. The van der Waals surface area contributed by atoms with Crippen LogP contribution in [-0.2, 0) is 0 Å². The third kappa shape index (κ3) is 5.32. The van der Waals surface area contributed by atoms with Crippen LogP contribution in [0.1, 0.15) is 64.7 Å². The second-order valence-electron chi connectivity index (χ2n) is 10.6. The maximum atomic E-state index is 14.0. The van der Waals surface area contributed by atoms with Gasteiger partial charge in [-0.15, -0.1) is 11.3 Å². The van der Waals surface area contributed by atoms with Crippen LogP contribution < -0.4 is 4.74 Å². The van der Waals surface area contributed by atoms with Gasteiger partial charge in [-0.1, -0.05) is 55.5 Å². The average Bonchev–Trinajstić information content (AvgIpc) is 3.61. The molecule has 4 aromatic rings. The molecule has 6 heteroatoms. The zero-order valence-electron chi connectivity index (χ0n) is 23.4. The molecule has 0 unspecified atom stereocenters. The van der Waals surface area contributed by atoms with Crippen molar-refractivity contribution >= 4 is 23.2 Å². The average molecular weight is 563 g/mol. The molecule has 2 amide bonds. The normalized spacial score (nSPS) is 19.7. The van der Waals surface area contributed by atoms with Crippen molar-refractivity contribution in [1.29, 1.82) is 0 Å². The first-order valence-electron chi connectivity index (χ1n) is 14.4. The zero-order chi connectivity index (χ0) is 28.3. The van der Waals surface area contributed by atoms with Crippen LogP contribution in [0.4, 0.5) is 0 Å². The zero-order valence-corrected chi connectivity index (χ0v) is 24.2. The summed E-state index contributed by atoms with van der Waals surface area (Å²) in [5.41, 5.74) is 2.93. The van der Waals surface area contributed by atoms with Crippen molar-refractivity contribution in [1.82, 2.24) is 9.80 Å². The van der Waals surface area contributed by atoms with Crippen molar-refractivity contribution < 1.29 is 14.3 Å². The number of carbonyl (C=O) groups is 2. The van der Waals surface area contributed by atoms with E-state index in [1.165, 1.54) is 11.3 Å². The second-order valence-corrected chi connectivity index (χ2v) is 11.7. The molecule has 0 radical (unpaired) electrons. The van der Waals surface area contributed by atoms with Crippen LogP contribution in [0.2, 0.25) is 0 Å². The summed E-state index contributed by atoms with van der Waals surface area (Å²) in [5, 5.41) is 0. The number of fused-ring (bicyclic) bond motifs is 3. The Labute approximate surface area is 245 Å². The first-order chi connectivity index (χ1) is 20.1. The van der Waals surface area contributed by atoms with Gasteiger partial charge in [0, 0.05) is 23.0 Å². The van der Waals surface area contributed by atoms with E-state index in [2.05, 4.69) is 24.0 Å². The molecule has 41 heavy (non-hydrogen) atoms. The maximum absolute atomic E-state index is 14.0. The van der Waals surface area contributed by atoms with Gasteiger partial charge in [0.15, 0.2) is 0 Å². The van der Waals surface area contributed by atoms with E-state index in [0.717, 1.165) is 57.2 Å². The van der Waals surface area contributed by atoms with Gasteiger partial charge >= 0.3 is 0 Å². The lowest BCUT2D eigenvalue weighted by molar-refractivity contribution is 0.0327. The number of para-hydroxylation sites is 1. The molecule has 3 atom stereocenters. The highest BCUT2D eigenvalue weighted by atomic mass is 32.1. The summed E-state index contributed by atoms with van der Waals surface area (Å²) >= 11 is 1.53. The highest BCUT2D eigenvalue weighted by molar-refractivity contribution is 7.17. The minimum absolute atomic E-state index is 0.0127. The number of allylic oxidation sites excluding steroid dienone is 1. The number of carbonyl (C=O) groups excluding carboxylic acids is 2. The predicted molar refractivity (Wildman–Crippen MR) is 165 cm³/mol. The number of nitrogens with zero attached hydrogens (tertiary/aromatic N) is 2. The third-order valence-corrected chi connectivity index (χ3v) is 9.12. The number of amides is 2. The van der Waals surface area contributed by atoms with Crippen LogP contribution >= 0.6 is 11.3 Å². The Morgan fingerprint density at radius 3 is 2.44 bits per heavy atom. The van der Waals surface area contributed by atoms with Crippen molar-refractivity contribution in [3.05, 3.63) is 119 Å². The molecule has 0 spiro atoms. The molecule has 0 bridgehead atoms. The van der Waals surface area contributed by atoms with Crippen LogP contribution in [0.5, 0.6) is 11.5 Å². The highest BCUT2D eigenvalue weighted by Crippen LogP contribution is 2.44. The van der Waals surface area contributed by atoms with E-state index in [1.54, 1.807) is 0 Å². The van der Waals surface area contributed by atoms with Crippen LogP contribution in [0.25, 0.3) is 10.4 Å². The van der Waals surface area contributed by atoms with E-state index in [0.29, 0.717) is 6.54 Å². The molecule has 0 aliphatic carbocycles. The summed E-state index contributed by atoms with van der Waals surface area (Å²) in [6.07, 6.45) is 6.51. The molecule has 3 heterocycles. The summed E-state index contributed by atoms with van der Waals surface area (Å²) in [4.78, 5) is 33.2. The fourth-order valence-corrected chi connectivity index (χ4v) is 7.15. The number of thiophene rings is 1. The first kappa shape index (κ1) is 27.0. The fourth-order valence-electron chi connectivity index (χ4n) is 6.18. The largest absolute Gasteiger partial charge is 0.457 e. The molecule has 1 aromatic heterocycles. The summed E-state index contributed by atoms with van der Waals surface area (Å²) in [5.74, 6) is 1.75. The van der Waals surface area contributed by atoms with Gasteiger partial charge < -0.3 is 14.5 Å². The molecule has 0 saturated carbocycles. The van der Waals surface area contributed by atoms with Crippen molar-refractivity contribution in [2.75, 3.05) is 6.54 Å². The number of rotatable bonds is 8. The van der Waals surface area contributed by atoms with Gasteiger partial charge in [-0.25, -0.2) is 0 Å². The number of piperidine rings is 1. The van der Waals surface area contributed by atoms with Crippen molar-refractivity contribution in [3.8, 4) is 21.9 Å². The molecule has 5 nitrogen and oxygen atoms in total. The lowest BCUT2D eigenvalue weighted by Crippen LogP contribution is -2.52. The molecular weight excluding hydrogens is 528 g/mol. The van der Waals surface area contributed by atoms with E-state index < -0.39 is 0 Å². The predicted octanol–water partition coefficient (Wildman–Crippen LogP) is 8.36. The van der Waals surface area contributed by atoms with Gasteiger partial charge in [0.25, 0.3) is 11.8 Å². The first-order valence-corrected chi connectivity index (χ1v) is 15.2. The Hall–Kier alpha value is -4.16. The lowest BCUT2D eigenvalue weighted by Gasteiger charge is -2.44. The van der Waals surface area contributed by atoms with Crippen LogP contribution in [0.3, 0.4) is 0 Å². The fraction of sp³-hybridized carbons (Fsp3) is 0.257. The summed E-state index contributed by atoms with van der Waals surface area (Å²) in [7, 11) is 0. The van der Waals surface area contributed by atoms with Gasteiger partial charge in [0.2, 0.25) is 0 Å². The van der Waals surface area contributed by atoms with Gasteiger partial charge in [-0.2, -0.15) is 0 Å².